The first-order valence-corrected chi connectivity index (χ1v) is 9.73. The molecule has 2 aromatic rings. The molecule has 0 saturated carbocycles. The smallest absolute Gasteiger partial charge is 0.267 e. The predicted octanol–water partition coefficient (Wildman–Crippen LogP) is 1.95. The zero-order chi connectivity index (χ0) is 18.9. The number of morpholine rings is 1. The number of rotatable bonds is 4. The van der Waals surface area contributed by atoms with Gasteiger partial charge in [-0.1, -0.05) is 11.2 Å². The molecule has 8 nitrogen and oxygen atoms in total. The second kappa shape index (κ2) is 7.08. The Balaban J connectivity index is 1.82. The van der Waals surface area contributed by atoms with Gasteiger partial charge < -0.3 is 14.2 Å². The summed E-state index contributed by atoms with van der Waals surface area (Å²) >= 11 is 0. The first kappa shape index (κ1) is 18.4. The summed E-state index contributed by atoms with van der Waals surface area (Å²) < 4.78 is 38.1. The van der Waals surface area contributed by atoms with Crippen molar-refractivity contribution in [3.05, 3.63) is 41.3 Å². The molecule has 0 radical (unpaired) electrons. The van der Waals surface area contributed by atoms with Crippen LogP contribution in [-0.4, -0.2) is 50.2 Å². The largest absolute Gasteiger partial charge is 0.375 e. The number of benzene rings is 1. The summed E-state index contributed by atoms with van der Waals surface area (Å²) in [6, 6.07) is 6.42. The van der Waals surface area contributed by atoms with Crippen molar-refractivity contribution in [1.29, 1.82) is 0 Å². The van der Waals surface area contributed by atoms with Crippen LogP contribution in [-0.2, 0) is 14.8 Å². The molecule has 1 aromatic carbocycles. The normalized spacial score (nSPS) is 18.0. The zero-order valence-corrected chi connectivity index (χ0v) is 15.7. The van der Waals surface area contributed by atoms with E-state index in [0.29, 0.717) is 30.9 Å². The maximum absolute atomic E-state index is 12.7. The van der Waals surface area contributed by atoms with Gasteiger partial charge in [0, 0.05) is 24.3 Å². The molecule has 1 aliphatic rings. The third-order valence-electron chi connectivity index (χ3n) is 4.13. The van der Waals surface area contributed by atoms with Crippen LogP contribution in [0.5, 0.6) is 0 Å². The molecule has 0 spiro atoms. The summed E-state index contributed by atoms with van der Waals surface area (Å²) in [6.07, 6.45) is -0.0195. The van der Waals surface area contributed by atoms with E-state index in [9.17, 15) is 13.2 Å². The SMILES string of the molecule is Cc1noc(C)c1S(=O)(=O)Nc1cccc(C(=O)N2CCOC(C)C2)c1. The van der Waals surface area contributed by atoms with Crippen molar-refractivity contribution < 1.29 is 22.5 Å². The Morgan fingerprint density at radius 3 is 2.77 bits per heavy atom. The number of nitrogens with zero attached hydrogens (tertiary/aromatic N) is 2. The van der Waals surface area contributed by atoms with Crippen molar-refractivity contribution in [3.63, 3.8) is 0 Å². The molecule has 1 amide bonds. The number of aromatic nitrogens is 1. The van der Waals surface area contributed by atoms with Gasteiger partial charge in [-0.15, -0.1) is 0 Å². The third-order valence-corrected chi connectivity index (χ3v) is 5.75. The quantitative estimate of drug-likeness (QED) is 0.871. The van der Waals surface area contributed by atoms with Gasteiger partial charge in [-0.25, -0.2) is 8.42 Å². The van der Waals surface area contributed by atoms with Gasteiger partial charge in [-0.05, 0) is 39.0 Å². The van der Waals surface area contributed by atoms with Crippen LogP contribution in [0.2, 0.25) is 0 Å². The topological polar surface area (TPSA) is 102 Å². The fourth-order valence-corrected chi connectivity index (χ4v) is 4.35. The summed E-state index contributed by atoms with van der Waals surface area (Å²) in [5.41, 5.74) is 1.000. The highest BCUT2D eigenvalue weighted by atomic mass is 32.2. The van der Waals surface area contributed by atoms with Crippen molar-refractivity contribution in [2.24, 2.45) is 0 Å². The summed E-state index contributed by atoms with van der Waals surface area (Å²) in [6.45, 7) is 6.52. The number of carbonyl (C=O) groups excluding carboxylic acids is 1. The summed E-state index contributed by atoms with van der Waals surface area (Å²) in [5.74, 6) is 0.0584. The van der Waals surface area contributed by atoms with Gasteiger partial charge >= 0.3 is 0 Å². The number of hydrogen-bond acceptors (Lipinski definition) is 6. The molecule has 1 atom stereocenters. The molecular weight excluding hydrogens is 358 g/mol. The molecule has 1 unspecified atom stereocenters. The molecular formula is C17H21N3O5S. The minimum Gasteiger partial charge on any atom is -0.375 e. The van der Waals surface area contributed by atoms with E-state index in [4.69, 9.17) is 9.26 Å². The van der Waals surface area contributed by atoms with E-state index < -0.39 is 10.0 Å². The van der Waals surface area contributed by atoms with Crippen LogP contribution >= 0.6 is 0 Å². The number of hydrogen-bond donors (Lipinski definition) is 1. The van der Waals surface area contributed by atoms with E-state index in [0.717, 1.165) is 0 Å². The molecule has 1 aromatic heterocycles. The van der Waals surface area contributed by atoms with E-state index in [1.54, 1.807) is 30.0 Å². The molecule has 0 bridgehead atoms. The number of ether oxygens (including phenoxy) is 1. The Morgan fingerprint density at radius 2 is 2.12 bits per heavy atom. The lowest BCUT2D eigenvalue weighted by Gasteiger charge is -2.31. The molecule has 1 N–H and O–H groups in total. The Labute approximate surface area is 152 Å². The molecule has 1 fully saturated rings. The lowest BCUT2D eigenvalue weighted by Crippen LogP contribution is -2.44. The molecule has 0 aliphatic carbocycles. The fourth-order valence-electron chi connectivity index (χ4n) is 2.97. The molecule has 2 heterocycles. The number of aryl methyl sites for hydroxylation is 2. The lowest BCUT2D eigenvalue weighted by molar-refractivity contribution is -0.0124. The molecule has 26 heavy (non-hydrogen) atoms. The van der Waals surface area contributed by atoms with Gasteiger partial charge in [0.1, 0.15) is 5.69 Å². The highest BCUT2D eigenvalue weighted by Gasteiger charge is 2.26. The number of sulfonamides is 1. The van der Waals surface area contributed by atoms with Crippen LogP contribution in [0.4, 0.5) is 5.69 Å². The summed E-state index contributed by atoms with van der Waals surface area (Å²) in [4.78, 5) is 14.4. The van der Waals surface area contributed by atoms with Gasteiger partial charge in [0.15, 0.2) is 10.7 Å². The average molecular weight is 379 g/mol. The Hall–Kier alpha value is -2.39. The Kier molecular flexibility index (Phi) is 5.01. The predicted molar refractivity (Wildman–Crippen MR) is 94.5 cm³/mol. The van der Waals surface area contributed by atoms with Crippen molar-refractivity contribution in [2.45, 2.75) is 31.8 Å². The van der Waals surface area contributed by atoms with E-state index in [-0.39, 0.29) is 28.4 Å². The van der Waals surface area contributed by atoms with Crippen molar-refractivity contribution in [1.82, 2.24) is 10.1 Å². The number of amides is 1. The fraction of sp³-hybridized carbons (Fsp3) is 0.412. The summed E-state index contributed by atoms with van der Waals surface area (Å²) in [7, 11) is -3.86. The molecule has 9 heteroatoms. The van der Waals surface area contributed by atoms with Crippen LogP contribution in [0.25, 0.3) is 0 Å². The third kappa shape index (κ3) is 3.73. The first-order valence-electron chi connectivity index (χ1n) is 8.24. The minimum atomic E-state index is -3.86. The number of carbonyl (C=O) groups is 1. The van der Waals surface area contributed by atoms with E-state index in [1.807, 2.05) is 6.92 Å². The van der Waals surface area contributed by atoms with Crippen LogP contribution in [0.1, 0.15) is 28.7 Å². The highest BCUT2D eigenvalue weighted by Crippen LogP contribution is 2.23. The zero-order valence-electron chi connectivity index (χ0n) is 14.9. The minimum absolute atomic E-state index is 0.0104. The number of nitrogens with one attached hydrogen (secondary N) is 1. The van der Waals surface area contributed by atoms with E-state index in [1.165, 1.54) is 13.0 Å². The van der Waals surface area contributed by atoms with Crippen molar-refractivity contribution in [3.8, 4) is 0 Å². The molecule has 140 valence electrons. The van der Waals surface area contributed by atoms with Gasteiger partial charge in [0.2, 0.25) is 0 Å². The van der Waals surface area contributed by atoms with Crippen LogP contribution in [0.15, 0.2) is 33.7 Å². The van der Waals surface area contributed by atoms with Crippen LogP contribution in [0.3, 0.4) is 0 Å². The molecule has 3 rings (SSSR count). The Bertz CT molecular complexity index is 903. The Morgan fingerprint density at radius 1 is 1.35 bits per heavy atom. The van der Waals surface area contributed by atoms with Gasteiger partial charge in [0.05, 0.1) is 12.7 Å². The second-order valence-corrected chi connectivity index (χ2v) is 7.89. The molecule has 1 aliphatic heterocycles. The number of anilines is 1. The van der Waals surface area contributed by atoms with Crippen LogP contribution in [0, 0.1) is 13.8 Å². The monoisotopic (exact) mass is 379 g/mol. The summed E-state index contributed by atoms with van der Waals surface area (Å²) in [5, 5.41) is 3.67. The highest BCUT2D eigenvalue weighted by molar-refractivity contribution is 7.92. The maximum atomic E-state index is 12.7. The average Bonchev–Trinajstić information content (AvgIpc) is 2.93. The second-order valence-electron chi connectivity index (χ2n) is 6.27. The van der Waals surface area contributed by atoms with Crippen molar-refractivity contribution >= 4 is 21.6 Å². The van der Waals surface area contributed by atoms with Crippen LogP contribution < -0.4 is 4.72 Å². The molecule has 1 saturated heterocycles. The van der Waals surface area contributed by atoms with E-state index in [2.05, 4.69) is 9.88 Å². The van der Waals surface area contributed by atoms with E-state index >= 15 is 0 Å². The van der Waals surface area contributed by atoms with Gasteiger partial charge in [0.25, 0.3) is 15.9 Å². The standard InChI is InChI=1S/C17H21N3O5S/c1-11-10-20(7-8-24-11)17(21)14-5-4-6-15(9-14)19-26(22,23)16-12(2)18-25-13(16)3/h4-6,9,11,19H,7-8,10H2,1-3H3. The first-order chi connectivity index (χ1) is 12.3. The maximum Gasteiger partial charge on any atom is 0.267 e. The van der Waals surface area contributed by atoms with Gasteiger partial charge in [-0.2, -0.15) is 0 Å². The van der Waals surface area contributed by atoms with Crippen molar-refractivity contribution in [2.75, 3.05) is 24.4 Å². The lowest BCUT2D eigenvalue weighted by atomic mass is 10.1. The van der Waals surface area contributed by atoms with Gasteiger partial charge in [-0.3, -0.25) is 9.52 Å².